The minimum atomic E-state index is -0.0824. The molecule has 1 heterocycles. The fourth-order valence-corrected chi connectivity index (χ4v) is 1.53. The molecule has 0 bridgehead atoms. The molecule has 0 amide bonds. The molecule has 2 aromatic rings. The first-order chi connectivity index (χ1) is 9.20. The highest BCUT2D eigenvalue weighted by Crippen LogP contribution is 2.16. The molecule has 0 atom stereocenters. The summed E-state index contributed by atoms with van der Waals surface area (Å²) in [4.78, 5) is 0. The zero-order valence-electron chi connectivity index (χ0n) is 9.82. The van der Waals surface area contributed by atoms with Crippen molar-refractivity contribution in [3.63, 3.8) is 0 Å². The van der Waals surface area contributed by atoms with E-state index in [1.807, 2.05) is 12.1 Å². The third-order valence-corrected chi connectivity index (χ3v) is 2.61. The Hall–Kier alpha value is -2.34. The molecule has 1 aromatic carbocycles. The molecule has 0 aliphatic heterocycles. The first-order valence-electron chi connectivity index (χ1n) is 5.37. The van der Waals surface area contributed by atoms with Crippen molar-refractivity contribution >= 4 is 17.4 Å². The number of hydrogen-bond acceptors (Lipinski definition) is 5. The van der Waals surface area contributed by atoms with E-state index >= 15 is 0 Å². The fourth-order valence-electron chi connectivity index (χ4n) is 1.41. The number of oxime groups is 1. The Bertz CT molecular complexity index is 587. The van der Waals surface area contributed by atoms with E-state index in [2.05, 4.69) is 15.4 Å². The van der Waals surface area contributed by atoms with Crippen LogP contribution in [0.3, 0.4) is 0 Å². The van der Waals surface area contributed by atoms with E-state index in [4.69, 9.17) is 27.3 Å². The van der Waals surface area contributed by atoms with E-state index < -0.39 is 0 Å². The van der Waals surface area contributed by atoms with Gasteiger partial charge in [0, 0.05) is 5.02 Å². The van der Waals surface area contributed by atoms with Crippen molar-refractivity contribution in [1.82, 2.24) is 10.2 Å². The van der Waals surface area contributed by atoms with Gasteiger partial charge in [0.2, 0.25) is 5.88 Å². The molecule has 98 valence electrons. The molecule has 0 spiro atoms. The van der Waals surface area contributed by atoms with Crippen LogP contribution in [0.1, 0.15) is 11.1 Å². The molecule has 0 saturated heterocycles. The van der Waals surface area contributed by atoms with Crippen LogP contribution in [0, 0.1) is 0 Å². The monoisotopic (exact) mass is 278 g/mol. The Labute approximate surface area is 114 Å². The average Bonchev–Trinajstić information content (AvgIpc) is 2.46. The first-order valence-corrected chi connectivity index (χ1v) is 5.75. The van der Waals surface area contributed by atoms with Gasteiger partial charge in [-0.2, -0.15) is 5.10 Å². The van der Waals surface area contributed by atoms with E-state index in [0.29, 0.717) is 10.6 Å². The molecular formula is C12H11ClN4O2. The summed E-state index contributed by atoms with van der Waals surface area (Å²) in [7, 11) is 0. The highest BCUT2D eigenvalue weighted by atomic mass is 35.5. The lowest BCUT2D eigenvalue weighted by Crippen LogP contribution is -2.16. The predicted octanol–water partition coefficient (Wildman–Crippen LogP) is 1.80. The highest BCUT2D eigenvalue weighted by Gasteiger charge is 2.10. The number of amidine groups is 1. The Morgan fingerprint density at radius 1 is 1.32 bits per heavy atom. The van der Waals surface area contributed by atoms with Gasteiger partial charge in [-0.05, 0) is 23.8 Å². The molecule has 0 aliphatic carbocycles. The van der Waals surface area contributed by atoms with Crippen molar-refractivity contribution in [1.29, 1.82) is 0 Å². The quantitative estimate of drug-likeness (QED) is 0.385. The lowest BCUT2D eigenvalue weighted by atomic mass is 10.2. The zero-order chi connectivity index (χ0) is 13.7. The molecule has 2 rings (SSSR count). The summed E-state index contributed by atoms with van der Waals surface area (Å²) in [5.74, 6) is 0.119. The number of ether oxygens (including phenoxy) is 1. The van der Waals surface area contributed by atoms with Crippen LogP contribution in [0.25, 0.3) is 0 Å². The predicted molar refractivity (Wildman–Crippen MR) is 70.3 cm³/mol. The number of hydrogen-bond donors (Lipinski definition) is 2. The molecule has 19 heavy (non-hydrogen) atoms. The zero-order valence-corrected chi connectivity index (χ0v) is 10.6. The second kappa shape index (κ2) is 6.01. The van der Waals surface area contributed by atoms with Gasteiger partial charge in [-0.25, -0.2) is 0 Å². The Morgan fingerprint density at radius 2 is 2.05 bits per heavy atom. The lowest BCUT2D eigenvalue weighted by molar-refractivity contribution is 0.288. The molecular weight excluding hydrogens is 268 g/mol. The average molecular weight is 279 g/mol. The Balaban J connectivity index is 2.13. The summed E-state index contributed by atoms with van der Waals surface area (Å²) in [6, 6.07) is 8.76. The summed E-state index contributed by atoms with van der Waals surface area (Å²) >= 11 is 5.79. The minimum Gasteiger partial charge on any atom is -0.471 e. The number of aromatic nitrogens is 2. The van der Waals surface area contributed by atoms with Crippen molar-refractivity contribution in [3.8, 4) is 5.88 Å². The number of rotatable bonds is 4. The fraction of sp³-hybridized carbons (Fsp3) is 0.0833. The molecule has 0 aliphatic rings. The van der Waals surface area contributed by atoms with Crippen LogP contribution in [0.4, 0.5) is 0 Å². The topological polar surface area (TPSA) is 93.6 Å². The normalized spacial score (nSPS) is 11.3. The third kappa shape index (κ3) is 3.32. The largest absolute Gasteiger partial charge is 0.471 e. The van der Waals surface area contributed by atoms with Crippen LogP contribution in [0.5, 0.6) is 5.88 Å². The second-order valence-corrected chi connectivity index (χ2v) is 4.09. The summed E-state index contributed by atoms with van der Waals surface area (Å²) < 4.78 is 5.50. The number of nitrogens with zero attached hydrogens (tertiary/aromatic N) is 3. The minimum absolute atomic E-state index is 0.0824. The van der Waals surface area contributed by atoms with E-state index in [9.17, 15) is 0 Å². The SMILES string of the molecule is N/C(=N/O)c1ccnnc1OCc1ccc(Cl)cc1. The van der Waals surface area contributed by atoms with Gasteiger partial charge in [0.25, 0.3) is 0 Å². The van der Waals surface area contributed by atoms with E-state index in [-0.39, 0.29) is 18.3 Å². The standard InChI is InChI=1S/C12H11ClN4O2/c13-9-3-1-8(2-4-9)7-19-12-10(11(14)17-18)5-6-15-16-12/h1-6,18H,7H2,(H2,14,17). The Morgan fingerprint density at radius 3 is 2.74 bits per heavy atom. The smallest absolute Gasteiger partial charge is 0.244 e. The number of benzene rings is 1. The molecule has 0 saturated carbocycles. The van der Waals surface area contributed by atoms with Crippen molar-refractivity contribution in [2.75, 3.05) is 0 Å². The summed E-state index contributed by atoms with van der Waals surface area (Å²) in [5.41, 5.74) is 6.82. The van der Waals surface area contributed by atoms with Crippen LogP contribution in [-0.2, 0) is 6.61 Å². The van der Waals surface area contributed by atoms with E-state index in [1.165, 1.54) is 6.20 Å². The first kappa shape index (κ1) is 13.1. The van der Waals surface area contributed by atoms with Gasteiger partial charge in [0.05, 0.1) is 11.8 Å². The number of nitrogens with two attached hydrogens (primary N) is 1. The molecule has 1 aromatic heterocycles. The van der Waals surface area contributed by atoms with E-state index in [1.54, 1.807) is 18.2 Å². The van der Waals surface area contributed by atoms with Crippen LogP contribution >= 0.6 is 11.6 Å². The molecule has 0 fully saturated rings. The van der Waals surface area contributed by atoms with Crippen LogP contribution in [-0.4, -0.2) is 21.2 Å². The number of halogens is 1. The lowest BCUT2D eigenvalue weighted by Gasteiger charge is -2.08. The summed E-state index contributed by atoms with van der Waals surface area (Å²) in [5, 5.41) is 19.8. The van der Waals surface area contributed by atoms with Gasteiger partial charge in [-0.15, -0.1) is 5.10 Å². The maximum absolute atomic E-state index is 8.67. The summed E-state index contributed by atoms with van der Waals surface area (Å²) in [6.45, 7) is 0.279. The second-order valence-electron chi connectivity index (χ2n) is 3.65. The van der Waals surface area contributed by atoms with Gasteiger partial charge in [-0.1, -0.05) is 28.9 Å². The van der Waals surface area contributed by atoms with Crippen LogP contribution in [0.2, 0.25) is 5.02 Å². The van der Waals surface area contributed by atoms with Gasteiger partial charge in [0.15, 0.2) is 5.84 Å². The van der Waals surface area contributed by atoms with Crippen LogP contribution < -0.4 is 10.5 Å². The molecule has 0 unspecified atom stereocenters. The third-order valence-electron chi connectivity index (χ3n) is 2.36. The van der Waals surface area contributed by atoms with Crippen molar-refractivity contribution in [3.05, 3.63) is 52.7 Å². The molecule has 7 heteroatoms. The van der Waals surface area contributed by atoms with Gasteiger partial charge < -0.3 is 15.7 Å². The molecule has 3 N–H and O–H groups in total. The van der Waals surface area contributed by atoms with Gasteiger partial charge in [-0.3, -0.25) is 0 Å². The Kier molecular flexibility index (Phi) is 4.15. The molecule has 6 nitrogen and oxygen atoms in total. The maximum atomic E-state index is 8.67. The summed E-state index contributed by atoms with van der Waals surface area (Å²) in [6.07, 6.45) is 1.43. The van der Waals surface area contributed by atoms with Crippen molar-refractivity contribution in [2.24, 2.45) is 10.9 Å². The van der Waals surface area contributed by atoms with Crippen molar-refractivity contribution < 1.29 is 9.94 Å². The van der Waals surface area contributed by atoms with Gasteiger partial charge in [0.1, 0.15) is 6.61 Å². The van der Waals surface area contributed by atoms with E-state index in [0.717, 1.165) is 5.56 Å². The van der Waals surface area contributed by atoms with Crippen molar-refractivity contribution in [2.45, 2.75) is 6.61 Å². The van der Waals surface area contributed by atoms with Gasteiger partial charge >= 0.3 is 0 Å². The maximum Gasteiger partial charge on any atom is 0.244 e. The highest BCUT2D eigenvalue weighted by molar-refractivity contribution is 6.30. The molecule has 0 radical (unpaired) electrons. The van der Waals surface area contributed by atoms with Crippen LogP contribution in [0.15, 0.2) is 41.7 Å².